The van der Waals surface area contributed by atoms with E-state index in [-0.39, 0.29) is 17.1 Å². The molecular formula is C15H14O3. The molecule has 2 aromatic rings. The molecule has 0 atom stereocenters. The quantitative estimate of drug-likeness (QED) is 0.837. The van der Waals surface area contributed by atoms with Crippen LogP contribution in [0.4, 0.5) is 0 Å². The van der Waals surface area contributed by atoms with Crippen LogP contribution in [0, 0.1) is 0 Å². The Morgan fingerprint density at radius 3 is 2.50 bits per heavy atom. The molecule has 0 bridgehead atoms. The van der Waals surface area contributed by atoms with Crippen LogP contribution < -0.4 is 4.74 Å². The molecule has 0 saturated heterocycles. The van der Waals surface area contributed by atoms with E-state index < -0.39 is 0 Å². The fraction of sp³-hybridized carbons (Fsp3) is 0.133. The van der Waals surface area contributed by atoms with Gasteiger partial charge in [0.25, 0.3) is 0 Å². The summed E-state index contributed by atoms with van der Waals surface area (Å²) in [4.78, 5) is 11.3. The molecule has 0 aromatic heterocycles. The minimum atomic E-state index is -0.183. The lowest BCUT2D eigenvalue weighted by Crippen LogP contribution is -1.98. The smallest absolute Gasteiger partial charge is 0.168 e. The Bertz CT molecular complexity index is 547. The summed E-state index contributed by atoms with van der Waals surface area (Å²) in [6.07, 6.45) is 0. The zero-order valence-corrected chi connectivity index (χ0v) is 10.1. The number of phenols is 1. The maximum Gasteiger partial charge on any atom is 0.168 e. The summed E-state index contributed by atoms with van der Waals surface area (Å²) in [5.41, 5.74) is 1.28. The zero-order valence-electron chi connectivity index (χ0n) is 10.1. The van der Waals surface area contributed by atoms with E-state index in [4.69, 9.17) is 4.74 Å². The molecule has 0 amide bonds. The molecule has 0 unspecified atom stereocenters. The summed E-state index contributed by atoms with van der Waals surface area (Å²) in [6.45, 7) is 1.77. The number of carbonyl (C=O) groups is 1. The van der Waals surface area contributed by atoms with Crippen LogP contribution in [0.25, 0.3) is 0 Å². The molecule has 0 spiro atoms. The van der Waals surface area contributed by atoms with Crippen molar-refractivity contribution in [3.05, 3.63) is 59.7 Å². The van der Waals surface area contributed by atoms with E-state index in [2.05, 4.69) is 0 Å². The Labute approximate surface area is 106 Å². The van der Waals surface area contributed by atoms with E-state index in [0.29, 0.717) is 12.4 Å². The van der Waals surface area contributed by atoms with Crippen LogP contribution in [-0.2, 0) is 6.61 Å². The minimum Gasteiger partial charge on any atom is -0.504 e. The van der Waals surface area contributed by atoms with Crippen molar-refractivity contribution in [2.45, 2.75) is 13.5 Å². The van der Waals surface area contributed by atoms with Crippen LogP contribution in [0.2, 0.25) is 0 Å². The molecule has 0 aliphatic rings. The molecule has 0 saturated carbocycles. The van der Waals surface area contributed by atoms with E-state index in [1.165, 1.54) is 6.92 Å². The van der Waals surface area contributed by atoms with Crippen molar-refractivity contribution in [2.24, 2.45) is 0 Å². The van der Waals surface area contributed by atoms with Crippen LogP contribution in [0.5, 0.6) is 11.5 Å². The highest BCUT2D eigenvalue weighted by Crippen LogP contribution is 2.30. The molecule has 2 aromatic carbocycles. The van der Waals surface area contributed by atoms with E-state index in [1.54, 1.807) is 18.2 Å². The SMILES string of the molecule is CC(=O)c1cccc(OCc2ccccc2)c1O. The van der Waals surface area contributed by atoms with Crippen LogP contribution in [0.15, 0.2) is 48.5 Å². The predicted molar refractivity (Wildman–Crippen MR) is 68.9 cm³/mol. The number of ether oxygens (including phenoxy) is 1. The molecule has 1 N–H and O–H groups in total. The number of para-hydroxylation sites is 1. The van der Waals surface area contributed by atoms with Gasteiger partial charge in [-0.25, -0.2) is 0 Å². The fourth-order valence-corrected chi connectivity index (χ4v) is 1.66. The third-order valence-electron chi connectivity index (χ3n) is 2.62. The number of ketones is 1. The number of phenolic OH excluding ortho intramolecular Hbond substituents is 1. The van der Waals surface area contributed by atoms with Crippen molar-refractivity contribution in [1.29, 1.82) is 0 Å². The van der Waals surface area contributed by atoms with Crippen molar-refractivity contribution >= 4 is 5.78 Å². The second-order valence-electron chi connectivity index (χ2n) is 3.98. The summed E-state index contributed by atoms with van der Waals surface area (Å²) in [5, 5.41) is 9.89. The lowest BCUT2D eigenvalue weighted by Gasteiger charge is -2.10. The first-order chi connectivity index (χ1) is 8.68. The van der Waals surface area contributed by atoms with Crippen LogP contribution in [-0.4, -0.2) is 10.9 Å². The Morgan fingerprint density at radius 2 is 1.83 bits per heavy atom. The lowest BCUT2D eigenvalue weighted by molar-refractivity contribution is 0.101. The second-order valence-corrected chi connectivity index (χ2v) is 3.98. The number of carbonyl (C=O) groups excluding carboxylic acids is 1. The normalized spacial score (nSPS) is 10.1. The van der Waals surface area contributed by atoms with Gasteiger partial charge in [0.05, 0.1) is 5.56 Å². The van der Waals surface area contributed by atoms with E-state index in [0.717, 1.165) is 5.56 Å². The van der Waals surface area contributed by atoms with Gasteiger partial charge in [0, 0.05) is 0 Å². The molecule has 0 radical (unpaired) electrons. The number of rotatable bonds is 4. The lowest BCUT2D eigenvalue weighted by atomic mass is 10.1. The van der Waals surface area contributed by atoms with Gasteiger partial charge in [-0.3, -0.25) is 4.79 Å². The topological polar surface area (TPSA) is 46.5 Å². The van der Waals surface area contributed by atoms with Crippen LogP contribution in [0.1, 0.15) is 22.8 Å². The molecule has 0 heterocycles. The highest BCUT2D eigenvalue weighted by molar-refractivity contribution is 5.97. The minimum absolute atomic E-state index is 0.0964. The van der Waals surface area contributed by atoms with Crippen LogP contribution >= 0.6 is 0 Å². The van der Waals surface area contributed by atoms with E-state index in [1.807, 2.05) is 30.3 Å². The largest absolute Gasteiger partial charge is 0.504 e. The monoisotopic (exact) mass is 242 g/mol. The van der Waals surface area contributed by atoms with Gasteiger partial charge in [0.2, 0.25) is 0 Å². The summed E-state index contributed by atoms with van der Waals surface area (Å²) >= 11 is 0. The zero-order chi connectivity index (χ0) is 13.0. The molecule has 92 valence electrons. The molecule has 0 fully saturated rings. The summed E-state index contributed by atoms with van der Waals surface area (Å²) < 4.78 is 5.51. The third kappa shape index (κ3) is 2.69. The molecular weight excluding hydrogens is 228 g/mol. The average molecular weight is 242 g/mol. The number of benzene rings is 2. The molecule has 3 nitrogen and oxygen atoms in total. The van der Waals surface area contributed by atoms with E-state index >= 15 is 0 Å². The summed E-state index contributed by atoms with van der Waals surface area (Å²) in [7, 11) is 0. The van der Waals surface area contributed by atoms with E-state index in [9.17, 15) is 9.90 Å². The standard InChI is InChI=1S/C15H14O3/c1-11(16)13-8-5-9-14(15(13)17)18-10-12-6-3-2-4-7-12/h2-9,17H,10H2,1H3. The van der Waals surface area contributed by atoms with Crippen molar-refractivity contribution < 1.29 is 14.6 Å². The van der Waals surface area contributed by atoms with Gasteiger partial charge in [0.1, 0.15) is 6.61 Å². The number of aromatic hydroxyl groups is 1. The molecule has 2 rings (SSSR count). The number of hydrogen-bond acceptors (Lipinski definition) is 3. The third-order valence-corrected chi connectivity index (χ3v) is 2.62. The average Bonchev–Trinajstić information content (AvgIpc) is 2.38. The summed E-state index contributed by atoms with van der Waals surface area (Å²) in [5.74, 6) is 0.0464. The molecule has 18 heavy (non-hydrogen) atoms. The van der Waals surface area contributed by atoms with Crippen LogP contribution in [0.3, 0.4) is 0 Å². The van der Waals surface area contributed by atoms with Crippen molar-refractivity contribution in [1.82, 2.24) is 0 Å². The van der Waals surface area contributed by atoms with Gasteiger partial charge in [-0.15, -0.1) is 0 Å². The summed E-state index contributed by atoms with van der Waals surface area (Å²) in [6, 6.07) is 14.6. The van der Waals surface area contributed by atoms with Gasteiger partial charge < -0.3 is 9.84 Å². The Hall–Kier alpha value is -2.29. The number of Topliss-reactive ketones (excluding diaryl/α,β-unsaturated/α-hetero) is 1. The highest BCUT2D eigenvalue weighted by atomic mass is 16.5. The van der Waals surface area contributed by atoms with Crippen molar-refractivity contribution in [3.63, 3.8) is 0 Å². The molecule has 0 aliphatic heterocycles. The first-order valence-corrected chi connectivity index (χ1v) is 5.68. The van der Waals surface area contributed by atoms with Crippen molar-refractivity contribution in [3.8, 4) is 11.5 Å². The fourth-order valence-electron chi connectivity index (χ4n) is 1.66. The number of hydrogen-bond donors (Lipinski definition) is 1. The molecule has 0 aliphatic carbocycles. The maximum absolute atomic E-state index is 11.3. The second kappa shape index (κ2) is 5.36. The van der Waals surface area contributed by atoms with Gasteiger partial charge in [-0.2, -0.15) is 0 Å². The van der Waals surface area contributed by atoms with Gasteiger partial charge in [-0.05, 0) is 24.6 Å². The Balaban J connectivity index is 2.15. The Kier molecular flexibility index (Phi) is 3.63. The first kappa shape index (κ1) is 12.2. The first-order valence-electron chi connectivity index (χ1n) is 5.68. The predicted octanol–water partition coefficient (Wildman–Crippen LogP) is 3.17. The highest BCUT2D eigenvalue weighted by Gasteiger charge is 2.11. The van der Waals surface area contributed by atoms with Gasteiger partial charge >= 0.3 is 0 Å². The van der Waals surface area contributed by atoms with Gasteiger partial charge in [0.15, 0.2) is 17.3 Å². The Morgan fingerprint density at radius 1 is 1.11 bits per heavy atom. The maximum atomic E-state index is 11.3. The van der Waals surface area contributed by atoms with Gasteiger partial charge in [-0.1, -0.05) is 36.4 Å². The molecule has 3 heteroatoms. The van der Waals surface area contributed by atoms with Crippen molar-refractivity contribution in [2.75, 3.05) is 0 Å².